The van der Waals surface area contributed by atoms with Gasteiger partial charge in [0, 0.05) is 52.0 Å². The molecule has 29 heavy (non-hydrogen) atoms. The van der Waals surface area contributed by atoms with Gasteiger partial charge in [0.15, 0.2) is 0 Å². The number of amides is 2. The standard InChI is InChI=1S/C22H29N5O2/c1-2-27-17-19(15-23-27)21(28)25-13-11-24(12-14-25)20-9-6-10-26(22(20)29)16-18-7-4-3-5-8-18/h3-5,7-8,15,17,20H,2,6,9-14,16H2,1H3/t20-/m0/s1. The Bertz CT molecular complexity index is 842. The summed E-state index contributed by atoms with van der Waals surface area (Å²) in [6.07, 6.45) is 5.38. The summed E-state index contributed by atoms with van der Waals surface area (Å²) in [5.41, 5.74) is 1.81. The number of hydrogen-bond donors (Lipinski definition) is 0. The molecule has 0 radical (unpaired) electrons. The lowest BCUT2D eigenvalue weighted by molar-refractivity contribution is -0.141. The fourth-order valence-electron chi connectivity index (χ4n) is 4.29. The number of aromatic nitrogens is 2. The van der Waals surface area contributed by atoms with Crippen molar-refractivity contribution in [2.24, 2.45) is 0 Å². The second-order valence-electron chi connectivity index (χ2n) is 7.82. The summed E-state index contributed by atoms with van der Waals surface area (Å²) < 4.78 is 1.77. The number of likely N-dealkylation sites (tertiary alicyclic amines) is 1. The number of carbonyl (C=O) groups excluding carboxylic acids is 2. The van der Waals surface area contributed by atoms with Crippen molar-refractivity contribution in [3.05, 3.63) is 53.9 Å². The molecule has 0 saturated carbocycles. The minimum atomic E-state index is -0.0624. The van der Waals surface area contributed by atoms with E-state index >= 15 is 0 Å². The number of carbonyl (C=O) groups is 2. The van der Waals surface area contributed by atoms with Gasteiger partial charge < -0.3 is 9.80 Å². The Balaban J connectivity index is 1.34. The summed E-state index contributed by atoms with van der Waals surface area (Å²) in [6, 6.07) is 10.1. The van der Waals surface area contributed by atoms with E-state index < -0.39 is 0 Å². The van der Waals surface area contributed by atoms with Crippen LogP contribution in [0.3, 0.4) is 0 Å². The minimum Gasteiger partial charge on any atom is -0.337 e. The molecule has 1 aromatic heterocycles. The highest BCUT2D eigenvalue weighted by atomic mass is 16.2. The first-order chi connectivity index (χ1) is 14.2. The van der Waals surface area contributed by atoms with Crippen LogP contribution in [0.1, 0.15) is 35.7 Å². The molecule has 2 amide bonds. The van der Waals surface area contributed by atoms with Gasteiger partial charge in [0.2, 0.25) is 5.91 Å². The van der Waals surface area contributed by atoms with Crippen LogP contribution in [-0.4, -0.2) is 75.1 Å². The molecule has 154 valence electrons. The SMILES string of the molecule is CCn1cc(C(=O)N2CCN([C@H]3CCCN(Cc4ccccc4)C3=O)CC2)cn1. The van der Waals surface area contributed by atoms with Crippen LogP contribution in [0.25, 0.3) is 0 Å². The Kier molecular flexibility index (Phi) is 5.94. The summed E-state index contributed by atoms with van der Waals surface area (Å²) >= 11 is 0. The smallest absolute Gasteiger partial charge is 0.257 e. The molecule has 0 aliphatic carbocycles. The molecule has 2 saturated heterocycles. The Morgan fingerprint density at radius 3 is 2.55 bits per heavy atom. The molecular weight excluding hydrogens is 366 g/mol. The first-order valence-electron chi connectivity index (χ1n) is 10.5. The van der Waals surface area contributed by atoms with Gasteiger partial charge in [-0.05, 0) is 25.3 Å². The molecule has 2 aliphatic heterocycles. The van der Waals surface area contributed by atoms with Crippen LogP contribution in [-0.2, 0) is 17.9 Å². The number of aryl methyl sites for hydroxylation is 1. The highest BCUT2D eigenvalue weighted by molar-refractivity contribution is 5.93. The van der Waals surface area contributed by atoms with Gasteiger partial charge in [-0.15, -0.1) is 0 Å². The van der Waals surface area contributed by atoms with Crippen molar-refractivity contribution in [2.45, 2.75) is 38.9 Å². The normalized spacial score (nSPS) is 20.9. The average molecular weight is 396 g/mol. The Hall–Kier alpha value is -2.67. The largest absolute Gasteiger partial charge is 0.337 e. The van der Waals surface area contributed by atoms with Gasteiger partial charge in [0.25, 0.3) is 5.91 Å². The fraction of sp³-hybridized carbons (Fsp3) is 0.500. The van der Waals surface area contributed by atoms with Crippen LogP contribution in [0, 0.1) is 0 Å². The van der Waals surface area contributed by atoms with Gasteiger partial charge in [-0.3, -0.25) is 19.2 Å². The quantitative estimate of drug-likeness (QED) is 0.775. The monoisotopic (exact) mass is 395 g/mol. The molecule has 1 aromatic carbocycles. The third-order valence-electron chi connectivity index (χ3n) is 5.97. The first-order valence-corrected chi connectivity index (χ1v) is 10.5. The lowest BCUT2D eigenvalue weighted by Gasteiger charge is -2.42. The fourth-order valence-corrected chi connectivity index (χ4v) is 4.29. The van der Waals surface area contributed by atoms with E-state index in [4.69, 9.17) is 0 Å². The molecule has 3 heterocycles. The van der Waals surface area contributed by atoms with Crippen LogP contribution in [0.15, 0.2) is 42.7 Å². The van der Waals surface area contributed by atoms with Crippen LogP contribution in [0.2, 0.25) is 0 Å². The molecule has 0 spiro atoms. The Morgan fingerprint density at radius 1 is 1.10 bits per heavy atom. The van der Waals surface area contributed by atoms with Crippen LogP contribution in [0.5, 0.6) is 0 Å². The van der Waals surface area contributed by atoms with Gasteiger partial charge in [-0.2, -0.15) is 5.10 Å². The van der Waals surface area contributed by atoms with Gasteiger partial charge in [-0.25, -0.2) is 0 Å². The number of rotatable bonds is 5. The van der Waals surface area contributed by atoms with Crippen molar-refractivity contribution in [3.63, 3.8) is 0 Å². The van der Waals surface area contributed by atoms with E-state index in [0.717, 1.165) is 39.0 Å². The van der Waals surface area contributed by atoms with Crippen molar-refractivity contribution in [2.75, 3.05) is 32.7 Å². The molecule has 7 heteroatoms. The first kappa shape index (κ1) is 19.6. The zero-order chi connectivity index (χ0) is 20.2. The molecule has 2 aliphatic rings. The Labute approximate surface area is 171 Å². The van der Waals surface area contributed by atoms with E-state index in [9.17, 15) is 9.59 Å². The molecule has 1 atom stereocenters. The van der Waals surface area contributed by atoms with Gasteiger partial charge in [0.05, 0.1) is 17.8 Å². The molecule has 0 N–H and O–H groups in total. The third kappa shape index (κ3) is 4.34. The summed E-state index contributed by atoms with van der Waals surface area (Å²) in [5.74, 6) is 0.258. The minimum absolute atomic E-state index is 0.0324. The molecule has 2 aromatic rings. The maximum atomic E-state index is 13.1. The van der Waals surface area contributed by atoms with Gasteiger partial charge >= 0.3 is 0 Å². The highest BCUT2D eigenvalue weighted by Crippen LogP contribution is 2.21. The zero-order valence-corrected chi connectivity index (χ0v) is 17.0. The number of piperidine rings is 1. The van der Waals surface area contributed by atoms with E-state index in [1.54, 1.807) is 17.1 Å². The second-order valence-corrected chi connectivity index (χ2v) is 7.82. The molecular formula is C22H29N5O2. The van der Waals surface area contributed by atoms with E-state index in [1.807, 2.05) is 34.9 Å². The third-order valence-corrected chi connectivity index (χ3v) is 5.97. The summed E-state index contributed by atoms with van der Waals surface area (Å²) in [4.78, 5) is 31.9. The Morgan fingerprint density at radius 2 is 1.86 bits per heavy atom. The predicted molar refractivity (Wildman–Crippen MR) is 110 cm³/mol. The maximum Gasteiger partial charge on any atom is 0.257 e. The van der Waals surface area contributed by atoms with Crippen LogP contribution < -0.4 is 0 Å². The molecule has 0 bridgehead atoms. The van der Waals surface area contributed by atoms with E-state index in [-0.39, 0.29) is 17.9 Å². The molecule has 4 rings (SSSR count). The van der Waals surface area contributed by atoms with E-state index in [2.05, 4.69) is 22.1 Å². The molecule has 2 fully saturated rings. The molecule has 0 unspecified atom stereocenters. The van der Waals surface area contributed by atoms with Crippen molar-refractivity contribution in [1.82, 2.24) is 24.5 Å². The molecule has 7 nitrogen and oxygen atoms in total. The summed E-state index contributed by atoms with van der Waals surface area (Å²) in [7, 11) is 0. The van der Waals surface area contributed by atoms with Gasteiger partial charge in [0.1, 0.15) is 0 Å². The highest BCUT2D eigenvalue weighted by Gasteiger charge is 2.35. The second kappa shape index (κ2) is 8.78. The lowest BCUT2D eigenvalue weighted by Crippen LogP contribution is -2.58. The lowest BCUT2D eigenvalue weighted by atomic mass is 10.0. The van der Waals surface area contributed by atoms with Gasteiger partial charge in [-0.1, -0.05) is 30.3 Å². The van der Waals surface area contributed by atoms with Crippen molar-refractivity contribution < 1.29 is 9.59 Å². The maximum absolute atomic E-state index is 13.1. The average Bonchev–Trinajstić information content (AvgIpc) is 3.25. The number of hydrogen-bond acceptors (Lipinski definition) is 4. The van der Waals surface area contributed by atoms with Crippen molar-refractivity contribution in [3.8, 4) is 0 Å². The van der Waals surface area contributed by atoms with E-state index in [1.165, 1.54) is 5.56 Å². The number of benzene rings is 1. The topological polar surface area (TPSA) is 61.7 Å². The van der Waals surface area contributed by atoms with Crippen molar-refractivity contribution >= 4 is 11.8 Å². The van der Waals surface area contributed by atoms with Crippen LogP contribution in [0.4, 0.5) is 0 Å². The van der Waals surface area contributed by atoms with E-state index in [0.29, 0.717) is 25.2 Å². The van der Waals surface area contributed by atoms with Crippen LogP contribution >= 0.6 is 0 Å². The van der Waals surface area contributed by atoms with Crippen molar-refractivity contribution in [1.29, 1.82) is 0 Å². The predicted octanol–water partition coefficient (Wildman–Crippen LogP) is 1.85. The zero-order valence-electron chi connectivity index (χ0n) is 17.0. The summed E-state index contributed by atoms with van der Waals surface area (Å²) in [6.45, 7) is 7.04. The number of nitrogens with zero attached hydrogens (tertiary/aromatic N) is 5. The summed E-state index contributed by atoms with van der Waals surface area (Å²) in [5, 5.41) is 4.20. The number of piperazine rings is 1.